The summed E-state index contributed by atoms with van der Waals surface area (Å²) in [5, 5.41) is 8.96. The van der Waals surface area contributed by atoms with Crippen LogP contribution in [0.3, 0.4) is 0 Å². The number of nitrogens with one attached hydrogen (secondary N) is 1. The van der Waals surface area contributed by atoms with Crippen LogP contribution >= 0.6 is 15.9 Å². The third-order valence-electron chi connectivity index (χ3n) is 2.85. The Kier molecular flexibility index (Phi) is 4.01. The standard InChI is InChI=1S/C13H16BrN3O/c1-9(7-14)8-15-13(18)12-10-5-3-4-6-11(10)17(2)16-12/h3-6,9H,7-8H2,1-2H3,(H,15,18). The van der Waals surface area contributed by atoms with Gasteiger partial charge in [0.2, 0.25) is 0 Å². The van der Waals surface area contributed by atoms with E-state index in [-0.39, 0.29) is 5.91 Å². The molecule has 2 aromatic rings. The summed E-state index contributed by atoms with van der Waals surface area (Å²) in [7, 11) is 1.85. The Labute approximate surface area is 114 Å². The number of carbonyl (C=O) groups is 1. The van der Waals surface area contributed by atoms with Crippen molar-refractivity contribution in [2.75, 3.05) is 11.9 Å². The Morgan fingerprint density at radius 2 is 2.22 bits per heavy atom. The molecule has 0 fully saturated rings. The number of hydrogen-bond donors (Lipinski definition) is 1. The van der Waals surface area contributed by atoms with Gasteiger partial charge in [-0.3, -0.25) is 9.48 Å². The normalized spacial score (nSPS) is 12.6. The molecule has 1 N–H and O–H groups in total. The average Bonchev–Trinajstić information content (AvgIpc) is 2.74. The highest BCUT2D eigenvalue weighted by Gasteiger charge is 2.15. The van der Waals surface area contributed by atoms with Crippen LogP contribution in [0.1, 0.15) is 17.4 Å². The van der Waals surface area contributed by atoms with Crippen LogP contribution in [0.5, 0.6) is 0 Å². The Bertz CT molecular complexity index is 564. The van der Waals surface area contributed by atoms with Gasteiger partial charge in [0.25, 0.3) is 5.91 Å². The summed E-state index contributed by atoms with van der Waals surface area (Å²) in [6.07, 6.45) is 0. The molecular formula is C13H16BrN3O. The maximum Gasteiger partial charge on any atom is 0.272 e. The molecule has 96 valence electrons. The first-order valence-corrected chi connectivity index (χ1v) is 7.01. The predicted molar refractivity (Wildman–Crippen MR) is 76.0 cm³/mol. The van der Waals surface area contributed by atoms with Crippen LogP contribution in [0.4, 0.5) is 0 Å². The van der Waals surface area contributed by atoms with Gasteiger partial charge in [0.15, 0.2) is 5.69 Å². The number of hydrogen-bond acceptors (Lipinski definition) is 2. The molecule has 1 aromatic carbocycles. The minimum Gasteiger partial charge on any atom is -0.350 e. The monoisotopic (exact) mass is 309 g/mol. The van der Waals surface area contributed by atoms with Gasteiger partial charge >= 0.3 is 0 Å². The predicted octanol–water partition coefficient (Wildman–Crippen LogP) is 2.33. The maximum atomic E-state index is 12.1. The summed E-state index contributed by atoms with van der Waals surface area (Å²) in [5.74, 6) is 0.295. The molecule has 1 atom stereocenters. The fourth-order valence-electron chi connectivity index (χ4n) is 1.79. The summed E-state index contributed by atoms with van der Waals surface area (Å²) in [6, 6.07) is 7.74. The van der Waals surface area contributed by atoms with Crippen molar-refractivity contribution in [1.29, 1.82) is 0 Å². The fraction of sp³-hybridized carbons (Fsp3) is 0.385. The molecule has 1 amide bonds. The minimum absolute atomic E-state index is 0.111. The van der Waals surface area contributed by atoms with Crippen molar-refractivity contribution in [3.05, 3.63) is 30.0 Å². The molecule has 2 rings (SSSR count). The first-order valence-electron chi connectivity index (χ1n) is 5.89. The van der Waals surface area contributed by atoms with E-state index in [0.717, 1.165) is 16.2 Å². The number of amides is 1. The zero-order valence-electron chi connectivity index (χ0n) is 10.5. The Balaban J connectivity index is 2.23. The molecule has 18 heavy (non-hydrogen) atoms. The molecule has 5 heteroatoms. The summed E-state index contributed by atoms with van der Waals surface area (Å²) < 4.78 is 1.73. The van der Waals surface area contributed by atoms with E-state index >= 15 is 0 Å². The van der Waals surface area contributed by atoms with Gasteiger partial charge < -0.3 is 5.32 Å². The van der Waals surface area contributed by atoms with Crippen molar-refractivity contribution < 1.29 is 4.79 Å². The van der Waals surface area contributed by atoms with E-state index in [9.17, 15) is 4.79 Å². The van der Waals surface area contributed by atoms with E-state index in [1.165, 1.54) is 0 Å². The third-order valence-corrected chi connectivity index (χ3v) is 3.95. The highest BCUT2D eigenvalue weighted by atomic mass is 79.9. The fourth-order valence-corrected chi connectivity index (χ4v) is 2.02. The van der Waals surface area contributed by atoms with Crippen molar-refractivity contribution in [2.24, 2.45) is 13.0 Å². The van der Waals surface area contributed by atoms with Gasteiger partial charge in [-0.15, -0.1) is 0 Å². The largest absolute Gasteiger partial charge is 0.350 e. The Hall–Kier alpha value is -1.36. The molecular weight excluding hydrogens is 294 g/mol. The highest BCUT2D eigenvalue weighted by molar-refractivity contribution is 9.09. The number of fused-ring (bicyclic) bond motifs is 1. The second kappa shape index (κ2) is 5.52. The summed E-state index contributed by atoms with van der Waals surface area (Å²) in [6.45, 7) is 2.72. The third kappa shape index (κ3) is 2.56. The van der Waals surface area contributed by atoms with Crippen molar-refractivity contribution in [3.8, 4) is 0 Å². The van der Waals surface area contributed by atoms with E-state index in [1.807, 2.05) is 31.3 Å². The van der Waals surface area contributed by atoms with Gasteiger partial charge in [0.05, 0.1) is 5.52 Å². The van der Waals surface area contributed by atoms with E-state index < -0.39 is 0 Å². The molecule has 0 saturated carbocycles. The summed E-state index contributed by atoms with van der Waals surface area (Å²) in [5.41, 5.74) is 1.46. The number of benzene rings is 1. The van der Waals surface area contributed by atoms with Crippen molar-refractivity contribution in [2.45, 2.75) is 6.92 Å². The molecule has 1 aromatic heterocycles. The number of carbonyl (C=O) groups excluding carboxylic acids is 1. The molecule has 1 heterocycles. The van der Waals surface area contributed by atoms with Gasteiger partial charge in [0, 0.05) is 24.3 Å². The van der Waals surface area contributed by atoms with E-state index in [1.54, 1.807) is 4.68 Å². The van der Waals surface area contributed by atoms with Crippen molar-refractivity contribution in [3.63, 3.8) is 0 Å². The van der Waals surface area contributed by atoms with Crippen LogP contribution < -0.4 is 5.32 Å². The van der Waals surface area contributed by atoms with Crippen LogP contribution in [0.2, 0.25) is 0 Å². The van der Waals surface area contributed by atoms with Crippen LogP contribution in [0.25, 0.3) is 10.9 Å². The van der Waals surface area contributed by atoms with Crippen molar-refractivity contribution in [1.82, 2.24) is 15.1 Å². The lowest BCUT2D eigenvalue weighted by Gasteiger charge is -2.08. The molecule has 0 aliphatic carbocycles. The van der Waals surface area contributed by atoms with Gasteiger partial charge in [-0.25, -0.2) is 0 Å². The molecule has 0 aliphatic heterocycles. The molecule has 0 radical (unpaired) electrons. The minimum atomic E-state index is -0.111. The topological polar surface area (TPSA) is 46.9 Å². The van der Waals surface area contributed by atoms with Gasteiger partial charge in [-0.05, 0) is 12.0 Å². The molecule has 1 unspecified atom stereocenters. The van der Waals surface area contributed by atoms with Crippen LogP contribution in [0.15, 0.2) is 24.3 Å². The number of nitrogens with zero attached hydrogens (tertiary/aromatic N) is 2. The number of halogens is 1. The molecule has 0 saturated heterocycles. The first kappa shape index (κ1) is 13.1. The lowest BCUT2D eigenvalue weighted by molar-refractivity contribution is 0.0945. The van der Waals surface area contributed by atoms with Crippen LogP contribution in [-0.4, -0.2) is 27.6 Å². The number of alkyl halides is 1. The molecule has 4 nitrogen and oxygen atoms in total. The van der Waals surface area contributed by atoms with Gasteiger partial charge in [0.1, 0.15) is 0 Å². The molecule has 0 spiro atoms. The maximum absolute atomic E-state index is 12.1. The molecule has 0 bridgehead atoms. The van der Waals surface area contributed by atoms with E-state index in [0.29, 0.717) is 18.2 Å². The highest BCUT2D eigenvalue weighted by Crippen LogP contribution is 2.17. The lowest BCUT2D eigenvalue weighted by atomic mass is 10.2. The van der Waals surface area contributed by atoms with Crippen LogP contribution in [0, 0.1) is 5.92 Å². The average molecular weight is 310 g/mol. The number of rotatable bonds is 4. The van der Waals surface area contributed by atoms with E-state index in [4.69, 9.17) is 0 Å². The number of aromatic nitrogens is 2. The number of aryl methyl sites for hydroxylation is 1. The second-order valence-corrected chi connectivity index (χ2v) is 5.11. The summed E-state index contributed by atoms with van der Waals surface area (Å²) in [4.78, 5) is 12.1. The molecule has 0 aliphatic rings. The SMILES string of the molecule is CC(CBr)CNC(=O)c1nn(C)c2ccccc12. The van der Waals surface area contributed by atoms with Crippen molar-refractivity contribution >= 4 is 32.7 Å². The summed E-state index contributed by atoms with van der Waals surface area (Å²) >= 11 is 3.39. The van der Waals surface area contributed by atoms with E-state index in [2.05, 4.69) is 33.3 Å². The zero-order valence-corrected chi connectivity index (χ0v) is 12.1. The smallest absolute Gasteiger partial charge is 0.272 e. The Morgan fingerprint density at radius 3 is 2.94 bits per heavy atom. The lowest BCUT2D eigenvalue weighted by Crippen LogP contribution is -2.29. The zero-order chi connectivity index (χ0) is 13.1. The Morgan fingerprint density at radius 1 is 1.50 bits per heavy atom. The van der Waals surface area contributed by atoms with Gasteiger partial charge in [-0.2, -0.15) is 5.10 Å². The number of para-hydroxylation sites is 1. The van der Waals surface area contributed by atoms with Crippen LogP contribution in [-0.2, 0) is 7.05 Å². The van der Waals surface area contributed by atoms with Gasteiger partial charge in [-0.1, -0.05) is 41.1 Å². The second-order valence-electron chi connectivity index (χ2n) is 4.46. The quantitative estimate of drug-likeness (QED) is 0.881. The first-order chi connectivity index (χ1) is 8.63.